The van der Waals surface area contributed by atoms with Crippen LogP contribution in [0.4, 0.5) is 0 Å². The fourth-order valence-electron chi connectivity index (χ4n) is 2.22. The molecule has 1 saturated heterocycles. The maximum atomic E-state index is 12.1. The highest BCUT2D eigenvalue weighted by Crippen LogP contribution is 2.12. The van der Waals surface area contributed by atoms with Crippen LogP contribution >= 0.6 is 0 Å². The van der Waals surface area contributed by atoms with Crippen LogP contribution < -0.4 is 0 Å². The number of amides is 1. The van der Waals surface area contributed by atoms with Gasteiger partial charge in [-0.1, -0.05) is 0 Å². The minimum Gasteiger partial charge on any atom is -0.508 e. The smallest absolute Gasteiger partial charge is 0.253 e. The topological polar surface area (TPSA) is 43.8 Å². The molecule has 0 unspecified atom stereocenters. The van der Waals surface area contributed by atoms with E-state index in [1.807, 2.05) is 7.05 Å². The second kappa shape index (κ2) is 5.87. The molecule has 1 heterocycles. The molecule has 0 radical (unpaired) electrons. The van der Waals surface area contributed by atoms with E-state index in [0.717, 1.165) is 26.2 Å². The van der Waals surface area contributed by atoms with E-state index >= 15 is 0 Å². The lowest BCUT2D eigenvalue weighted by Gasteiger charge is -2.21. The van der Waals surface area contributed by atoms with Gasteiger partial charge in [0.2, 0.25) is 0 Å². The Morgan fingerprint density at radius 2 is 1.89 bits per heavy atom. The van der Waals surface area contributed by atoms with Gasteiger partial charge in [-0.05, 0) is 50.2 Å². The number of phenolic OH excluding ortho intramolecular Hbond substituents is 1. The molecule has 0 aliphatic carbocycles. The van der Waals surface area contributed by atoms with Gasteiger partial charge in [-0.15, -0.1) is 0 Å². The van der Waals surface area contributed by atoms with Gasteiger partial charge in [-0.25, -0.2) is 0 Å². The monoisotopic (exact) mass is 248 g/mol. The average molecular weight is 248 g/mol. The van der Waals surface area contributed by atoms with E-state index < -0.39 is 0 Å². The molecule has 1 aromatic carbocycles. The Morgan fingerprint density at radius 3 is 2.50 bits per heavy atom. The van der Waals surface area contributed by atoms with Gasteiger partial charge >= 0.3 is 0 Å². The van der Waals surface area contributed by atoms with Crippen LogP contribution in [0.1, 0.15) is 23.2 Å². The average Bonchev–Trinajstić information content (AvgIpc) is 2.89. The van der Waals surface area contributed by atoms with Crippen molar-refractivity contribution in [3.05, 3.63) is 29.8 Å². The molecule has 1 fully saturated rings. The van der Waals surface area contributed by atoms with Crippen molar-refractivity contribution in [2.45, 2.75) is 12.8 Å². The Labute approximate surface area is 108 Å². The summed E-state index contributed by atoms with van der Waals surface area (Å²) >= 11 is 0. The molecule has 1 amide bonds. The molecule has 0 spiro atoms. The number of phenols is 1. The third-order valence-electron chi connectivity index (χ3n) is 3.41. The number of nitrogens with zero attached hydrogens (tertiary/aromatic N) is 2. The summed E-state index contributed by atoms with van der Waals surface area (Å²) in [7, 11) is 1.82. The standard InChI is InChI=1S/C14H20N2O2/c1-15(10-11-16-8-2-3-9-16)14(18)12-4-6-13(17)7-5-12/h4-7,17H,2-3,8-11H2,1H3. The summed E-state index contributed by atoms with van der Waals surface area (Å²) in [5.41, 5.74) is 0.622. The van der Waals surface area contributed by atoms with Crippen LogP contribution in [0.2, 0.25) is 0 Å². The van der Waals surface area contributed by atoms with Crippen molar-refractivity contribution in [1.29, 1.82) is 0 Å². The van der Waals surface area contributed by atoms with Crippen molar-refractivity contribution < 1.29 is 9.90 Å². The first-order valence-corrected chi connectivity index (χ1v) is 6.43. The minimum atomic E-state index is 0.00852. The third-order valence-corrected chi connectivity index (χ3v) is 3.41. The first kappa shape index (κ1) is 12.9. The lowest BCUT2D eigenvalue weighted by Crippen LogP contribution is -2.35. The van der Waals surface area contributed by atoms with Crippen LogP contribution in [0.25, 0.3) is 0 Å². The quantitative estimate of drug-likeness (QED) is 0.879. The van der Waals surface area contributed by atoms with Crippen LogP contribution in [0.5, 0.6) is 5.75 Å². The van der Waals surface area contributed by atoms with Gasteiger partial charge < -0.3 is 14.9 Å². The van der Waals surface area contributed by atoms with Gasteiger partial charge in [0.15, 0.2) is 0 Å². The Morgan fingerprint density at radius 1 is 1.28 bits per heavy atom. The number of hydrogen-bond acceptors (Lipinski definition) is 3. The second-order valence-corrected chi connectivity index (χ2v) is 4.82. The van der Waals surface area contributed by atoms with Crippen LogP contribution in [0, 0.1) is 0 Å². The molecule has 4 heteroatoms. The first-order chi connectivity index (χ1) is 8.66. The SMILES string of the molecule is CN(CCN1CCCC1)C(=O)c1ccc(O)cc1. The molecule has 98 valence electrons. The highest BCUT2D eigenvalue weighted by Gasteiger charge is 2.15. The van der Waals surface area contributed by atoms with Gasteiger partial charge in [0.25, 0.3) is 5.91 Å². The van der Waals surface area contributed by atoms with E-state index in [1.165, 1.54) is 12.8 Å². The number of rotatable bonds is 4. The predicted octanol–water partition coefficient (Wildman–Crippen LogP) is 1.56. The zero-order valence-electron chi connectivity index (χ0n) is 10.8. The summed E-state index contributed by atoms with van der Waals surface area (Å²) in [5, 5.41) is 9.19. The Bertz CT molecular complexity index is 397. The largest absolute Gasteiger partial charge is 0.508 e. The minimum absolute atomic E-state index is 0.00852. The van der Waals surface area contributed by atoms with Crippen molar-refractivity contribution >= 4 is 5.91 Å². The molecule has 1 aliphatic rings. The van der Waals surface area contributed by atoms with E-state index in [2.05, 4.69) is 4.90 Å². The number of likely N-dealkylation sites (tertiary alicyclic amines) is 1. The van der Waals surface area contributed by atoms with Crippen LogP contribution in [0.3, 0.4) is 0 Å². The second-order valence-electron chi connectivity index (χ2n) is 4.82. The summed E-state index contributed by atoms with van der Waals surface area (Å²) < 4.78 is 0. The summed E-state index contributed by atoms with van der Waals surface area (Å²) in [4.78, 5) is 16.2. The first-order valence-electron chi connectivity index (χ1n) is 6.43. The fraction of sp³-hybridized carbons (Fsp3) is 0.500. The van der Waals surface area contributed by atoms with Gasteiger partial charge in [-0.2, -0.15) is 0 Å². The summed E-state index contributed by atoms with van der Waals surface area (Å²) in [6.07, 6.45) is 2.55. The lowest BCUT2D eigenvalue weighted by atomic mass is 10.2. The van der Waals surface area contributed by atoms with E-state index in [9.17, 15) is 9.90 Å². The zero-order chi connectivity index (χ0) is 13.0. The number of likely N-dealkylation sites (N-methyl/N-ethyl adjacent to an activating group) is 1. The van der Waals surface area contributed by atoms with Gasteiger partial charge in [0.05, 0.1) is 0 Å². The molecule has 0 atom stereocenters. The van der Waals surface area contributed by atoms with Crippen LogP contribution in [0.15, 0.2) is 24.3 Å². The maximum Gasteiger partial charge on any atom is 0.253 e. The molecule has 2 rings (SSSR count). The molecule has 1 N–H and O–H groups in total. The van der Waals surface area contributed by atoms with E-state index in [-0.39, 0.29) is 11.7 Å². The molecule has 4 nitrogen and oxygen atoms in total. The Kier molecular flexibility index (Phi) is 4.20. The molecular formula is C14H20N2O2. The molecule has 1 aliphatic heterocycles. The third kappa shape index (κ3) is 3.23. The highest BCUT2D eigenvalue weighted by molar-refractivity contribution is 5.94. The molecule has 0 saturated carbocycles. The summed E-state index contributed by atoms with van der Waals surface area (Å²) in [6.45, 7) is 4.00. The summed E-state index contributed by atoms with van der Waals surface area (Å²) in [5.74, 6) is 0.195. The van der Waals surface area contributed by atoms with Crippen molar-refractivity contribution in [2.24, 2.45) is 0 Å². The van der Waals surface area contributed by atoms with Crippen molar-refractivity contribution in [3.8, 4) is 5.75 Å². The fourth-order valence-corrected chi connectivity index (χ4v) is 2.22. The van der Waals surface area contributed by atoms with Crippen molar-refractivity contribution in [2.75, 3.05) is 33.2 Å². The molecule has 0 bridgehead atoms. The van der Waals surface area contributed by atoms with Crippen molar-refractivity contribution in [3.63, 3.8) is 0 Å². The van der Waals surface area contributed by atoms with E-state index in [4.69, 9.17) is 0 Å². The van der Waals surface area contributed by atoms with Crippen LogP contribution in [-0.4, -0.2) is 54.0 Å². The highest BCUT2D eigenvalue weighted by atomic mass is 16.3. The van der Waals surface area contributed by atoms with Gasteiger partial charge in [0, 0.05) is 25.7 Å². The van der Waals surface area contributed by atoms with Crippen molar-refractivity contribution in [1.82, 2.24) is 9.80 Å². The molecule has 18 heavy (non-hydrogen) atoms. The van der Waals surface area contributed by atoms with Crippen LogP contribution in [-0.2, 0) is 0 Å². The van der Waals surface area contributed by atoms with Gasteiger partial charge in [-0.3, -0.25) is 4.79 Å². The molecule has 1 aromatic rings. The van der Waals surface area contributed by atoms with E-state index in [1.54, 1.807) is 29.2 Å². The Hall–Kier alpha value is -1.55. The number of benzene rings is 1. The summed E-state index contributed by atoms with van der Waals surface area (Å²) in [6, 6.07) is 6.40. The number of carbonyl (C=O) groups is 1. The number of aromatic hydroxyl groups is 1. The van der Waals surface area contributed by atoms with E-state index in [0.29, 0.717) is 5.56 Å². The van der Waals surface area contributed by atoms with Gasteiger partial charge in [0.1, 0.15) is 5.75 Å². The number of carbonyl (C=O) groups excluding carboxylic acids is 1. The zero-order valence-corrected chi connectivity index (χ0v) is 10.8. The maximum absolute atomic E-state index is 12.1. The molecular weight excluding hydrogens is 228 g/mol. The molecule has 0 aromatic heterocycles. The Balaban J connectivity index is 1.85. The normalized spacial score (nSPS) is 15.8. The predicted molar refractivity (Wildman–Crippen MR) is 70.7 cm³/mol. The number of hydrogen-bond donors (Lipinski definition) is 1. The lowest BCUT2D eigenvalue weighted by molar-refractivity contribution is 0.0782.